The van der Waals surface area contributed by atoms with E-state index in [2.05, 4.69) is 27.3 Å². The third-order valence-electron chi connectivity index (χ3n) is 4.46. The smallest absolute Gasteiger partial charge is 0.341 e. The van der Waals surface area contributed by atoms with Crippen LogP contribution in [0, 0.1) is 0 Å². The molecule has 1 saturated heterocycles. The Morgan fingerprint density at radius 3 is 2.88 bits per heavy atom. The van der Waals surface area contributed by atoms with Crippen LogP contribution in [0.2, 0.25) is 0 Å². The molecule has 0 aliphatic carbocycles. The van der Waals surface area contributed by atoms with E-state index in [0.717, 1.165) is 25.3 Å². The predicted molar refractivity (Wildman–Crippen MR) is 95.7 cm³/mol. The summed E-state index contributed by atoms with van der Waals surface area (Å²) in [5.41, 5.74) is 2.48. The topological polar surface area (TPSA) is 74.7 Å². The van der Waals surface area contributed by atoms with Crippen molar-refractivity contribution in [1.29, 1.82) is 0 Å². The molecule has 2 aromatic rings. The minimum absolute atomic E-state index is 0.316. The maximum absolute atomic E-state index is 10.5. The lowest BCUT2D eigenvalue weighted by atomic mass is 10.1. The summed E-state index contributed by atoms with van der Waals surface area (Å²) < 4.78 is 5.18. The van der Waals surface area contributed by atoms with Gasteiger partial charge in [-0.2, -0.15) is 0 Å². The number of rotatable bonds is 7. The first-order valence-corrected chi connectivity index (χ1v) is 8.47. The minimum atomic E-state index is -0.970. The van der Waals surface area contributed by atoms with Gasteiger partial charge in [-0.05, 0) is 54.8 Å². The van der Waals surface area contributed by atoms with Crippen LogP contribution in [-0.4, -0.2) is 41.2 Å². The standard InChI is InChI=1S/C19H23N3O3/c1-20-18-11-15(8-9-21-18)17-3-2-10-22(17)12-14-4-6-16(7-5-14)25-13-19(23)24/h4-9,11,17H,2-3,10,12-13H2,1H3,(H,20,21)(H,23,24)/t17-/m1/s1. The molecule has 3 rings (SSSR count). The van der Waals surface area contributed by atoms with Gasteiger partial charge in [-0.15, -0.1) is 0 Å². The molecule has 25 heavy (non-hydrogen) atoms. The van der Waals surface area contributed by atoms with Crippen LogP contribution in [0.15, 0.2) is 42.6 Å². The summed E-state index contributed by atoms with van der Waals surface area (Å²) >= 11 is 0. The molecule has 2 heterocycles. The van der Waals surface area contributed by atoms with Gasteiger partial charge in [-0.1, -0.05) is 12.1 Å². The molecule has 0 bridgehead atoms. The van der Waals surface area contributed by atoms with Crippen LogP contribution < -0.4 is 10.1 Å². The van der Waals surface area contributed by atoms with E-state index in [9.17, 15) is 4.79 Å². The number of hydrogen-bond donors (Lipinski definition) is 2. The number of benzene rings is 1. The largest absolute Gasteiger partial charge is 0.482 e. The van der Waals surface area contributed by atoms with Crippen molar-refractivity contribution in [3.8, 4) is 5.75 Å². The third kappa shape index (κ3) is 4.48. The van der Waals surface area contributed by atoms with Crippen LogP contribution in [0.3, 0.4) is 0 Å². The number of nitrogens with one attached hydrogen (secondary N) is 1. The maximum atomic E-state index is 10.5. The number of aliphatic carboxylic acids is 1. The molecule has 1 aliphatic heterocycles. The van der Waals surface area contributed by atoms with Crippen molar-refractivity contribution < 1.29 is 14.6 Å². The molecular weight excluding hydrogens is 318 g/mol. The maximum Gasteiger partial charge on any atom is 0.341 e. The fourth-order valence-electron chi connectivity index (χ4n) is 3.25. The van der Waals surface area contributed by atoms with Crippen LogP contribution in [0.4, 0.5) is 5.82 Å². The van der Waals surface area contributed by atoms with Crippen molar-refractivity contribution in [3.05, 3.63) is 53.7 Å². The van der Waals surface area contributed by atoms with E-state index < -0.39 is 5.97 Å². The van der Waals surface area contributed by atoms with Gasteiger partial charge in [-0.25, -0.2) is 9.78 Å². The van der Waals surface area contributed by atoms with Gasteiger partial charge in [0.2, 0.25) is 0 Å². The highest BCUT2D eigenvalue weighted by Gasteiger charge is 2.26. The molecule has 0 unspecified atom stereocenters. The first kappa shape index (κ1) is 17.2. The fourth-order valence-corrected chi connectivity index (χ4v) is 3.25. The number of carbonyl (C=O) groups is 1. The first-order chi connectivity index (χ1) is 12.2. The van der Waals surface area contributed by atoms with E-state index in [0.29, 0.717) is 11.8 Å². The normalized spacial score (nSPS) is 17.4. The molecule has 0 spiro atoms. The summed E-state index contributed by atoms with van der Waals surface area (Å²) in [4.78, 5) is 17.3. The molecule has 1 aliphatic rings. The van der Waals surface area contributed by atoms with Crippen molar-refractivity contribution in [3.63, 3.8) is 0 Å². The third-order valence-corrected chi connectivity index (χ3v) is 4.46. The van der Waals surface area contributed by atoms with Gasteiger partial charge in [0.25, 0.3) is 0 Å². The Kier molecular flexibility index (Phi) is 5.50. The second-order valence-electron chi connectivity index (χ2n) is 6.18. The summed E-state index contributed by atoms with van der Waals surface area (Å²) in [7, 11) is 1.88. The summed E-state index contributed by atoms with van der Waals surface area (Å²) in [5, 5.41) is 11.7. The molecule has 1 aromatic heterocycles. The predicted octanol–water partition coefficient (Wildman–Crippen LogP) is 2.92. The molecule has 2 N–H and O–H groups in total. The van der Waals surface area contributed by atoms with E-state index in [4.69, 9.17) is 9.84 Å². The summed E-state index contributed by atoms with van der Waals surface area (Å²) in [6.45, 7) is 1.61. The summed E-state index contributed by atoms with van der Waals surface area (Å²) in [6, 6.07) is 12.3. The van der Waals surface area contributed by atoms with Crippen LogP contribution in [0.25, 0.3) is 0 Å². The number of hydrogen-bond acceptors (Lipinski definition) is 5. The van der Waals surface area contributed by atoms with Gasteiger partial charge in [0.15, 0.2) is 6.61 Å². The molecule has 6 nitrogen and oxygen atoms in total. The summed E-state index contributed by atoms with van der Waals surface area (Å²) in [5.74, 6) is 0.503. The zero-order valence-corrected chi connectivity index (χ0v) is 14.3. The lowest BCUT2D eigenvalue weighted by Crippen LogP contribution is -2.22. The Morgan fingerprint density at radius 2 is 2.16 bits per heavy atom. The highest BCUT2D eigenvalue weighted by atomic mass is 16.5. The minimum Gasteiger partial charge on any atom is -0.482 e. The Bertz CT molecular complexity index is 718. The van der Waals surface area contributed by atoms with Gasteiger partial charge in [-0.3, -0.25) is 4.90 Å². The van der Waals surface area contributed by atoms with Gasteiger partial charge in [0, 0.05) is 25.8 Å². The van der Waals surface area contributed by atoms with E-state index in [1.807, 2.05) is 37.5 Å². The zero-order valence-electron chi connectivity index (χ0n) is 14.3. The highest BCUT2D eigenvalue weighted by Crippen LogP contribution is 2.33. The second kappa shape index (κ2) is 7.98. The number of anilines is 1. The van der Waals surface area contributed by atoms with E-state index >= 15 is 0 Å². The Balaban J connectivity index is 1.65. The van der Waals surface area contributed by atoms with Crippen molar-refractivity contribution in [2.45, 2.75) is 25.4 Å². The molecular formula is C19H23N3O3. The zero-order chi connectivity index (χ0) is 17.6. The second-order valence-corrected chi connectivity index (χ2v) is 6.18. The molecule has 1 fully saturated rings. The average Bonchev–Trinajstić information content (AvgIpc) is 3.09. The first-order valence-electron chi connectivity index (χ1n) is 8.47. The quantitative estimate of drug-likeness (QED) is 0.806. The van der Waals surface area contributed by atoms with Gasteiger partial charge < -0.3 is 15.2 Å². The molecule has 0 saturated carbocycles. The lowest BCUT2D eigenvalue weighted by Gasteiger charge is -2.25. The number of carboxylic acid groups (broad SMARTS) is 1. The van der Waals surface area contributed by atoms with Crippen molar-refractivity contribution in [2.75, 3.05) is 25.5 Å². The molecule has 0 radical (unpaired) electrons. The van der Waals surface area contributed by atoms with E-state index in [-0.39, 0.29) is 6.61 Å². The SMILES string of the molecule is CNc1cc([C@H]2CCCN2Cc2ccc(OCC(=O)O)cc2)ccn1. The Hall–Kier alpha value is -2.60. The number of carboxylic acids is 1. The molecule has 1 atom stereocenters. The Morgan fingerprint density at radius 1 is 1.36 bits per heavy atom. The average molecular weight is 341 g/mol. The number of pyridine rings is 1. The molecule has 6 heteroatoms. The van der Waals surface area contributed by atoms with Crippen LogP contribution in [0.5, 0.6) is 5.75 Å². The summed E-state index contributed by atoms with van der Waals surface area (Å²) in [6.07, 6.45) is 4.18. The number of ether oxygens (including phenoxy) is 1. The molecule has 0 amide bonds. The van der Waals surface area contributed by atoms with Gasteiger partial charge in [0.1, 0.15) is 11.6 Å². The van der Waals surface area contributed by atoms with Crippen LogP contribution in [0.1, 0.15) is 30.0 Å². The highest BCUT2D eigenvalue weighted by molar-refractivity contribution is 5.68. The van der Waals surface area contributed by atoms with Crippen LogP contribution >= 0.6 is 0 Å². The van der Waals surface area contributed by atoms with Crippen molar-refractivity contribution in [1.82, 2.24) is 9.88 Å². The van der Waals surface area contributed by atoms with Gasteiger partial charge >= 0.3 is 5.97 Å². The van der Waals surface area contributed by atoms with E-state index in [1.54, 1.807) is 0 Å². The fraction of sp³-hybridized carbons (Fsp3) is 0.368. The monoisotopic (exact) mass is 341 g/mol. The van der Waals surface area contributed by atoms with Crippen LogP contribution in [-0.2, 0) is 11.3 Å². The Labute approximate surface area is 147 Å². The lowest BCUT2D eigenvalue weighted by molar-refractivity contribution is -0.139. The van der Waals surface area contributed by atoms with Gasteiger partial charge in [0.05, 0.1) is 0 Å². The molecule has 1 aromatic carbocycles. The molecule has 132 valence electrons. The van der Waals surface area contributed by atoms with E-state index in [1.165, 1.54) is 17.5 Å². The number of likely N-dealkylation sites (tertiary alicyclic amines) is 1. The van der Waals surface area contributed by atoms with Crippen molar-refractivity contribution >= 4 is 11.8 Å². The number of nitrogens with zero attached hydrogens (tertiary/aromatic N) is 2. The van der Waals surface area contributed by atoms with Crippen molar-refractivity contribution in [2.24, 2.45) is 0 Å². The number of aromatic nitrogens is 1.